The first-order chi connectivity index (χ1) is 9.88. The number of hydrogen-bond acceptors (Lipinski definition) is 4. The van der Waals surface area contributed by atoms with Gasteiger partial charge in [0.1, 0.15) is 5.16 Å². The van der Waals surface area contributed by atoms with E-state index in [2.05, 4.69) is 27.5 Å². The second kappa shape index (κ2) is 8.07. The summed E-state index contributed by atoms with van der Waals surface area (Å²) >= 11 is 8.68. The van der Waals surface area contributed by atoms with Crippen LogP contribution < -0.4 is 5.48 Å². The number of rotatable bonds is 6. The number of allylic oxidation sites excluding steroid dienone is 2. The maximum Gasteiger partial charge on any atom is 0.183 e. The van der Waals surface area contributed by atoms with E-state index in [1.807, 2.05) is 0 Å². The largest absolute Gasteiger partial charge is 0.292 e. The molecule has 1 atom stereocenters. The van der Waals surface area contributed by atoms with Crippen LogP contribution in [0, 0.1) is 5.82 Å². The molecular weight excluding hydrogens is 363 g/mol. The predicted octanol–water partition coefficient (Wildman–Crippen LogP) is 4.30. The van der Waals surface area contributed by atoms with Gasteiger partial charge in [0.15, 0.2) is 11.6 Å². The molecule has 0 heterocycles. The van der Waals surface area contributed by atoms with Gasteiger partial charge in [-0.3, -0.25) is 15.5 Å². The number of nitrogens with one attached hydrogen (secondary N) is 1. The van der Waals surface area contributed by atoms with Crippen LogP contribution in [-0.2, 0) is 0 Å². The molecule has 7 heteroatoms. The number of alkyl halides is 1. The van der Waals surface area contributed by atoms with Crippen molar-refractivity contribution >= 4 is 45.2 Å². The van der Waals surface area contributed by atoms with Gasteiger partial charge in [0.05, 0.1) is 16.1 Å². The van der Waals surface area contributed by atoms with E-state index in [0.29, 0.717) is 5.57 Å². The number of anilines is 1. The second-order valence-electron chi connectivity index (χ2n) is 4.07. The van der Waals surface area contributed by atoms with E-state index in [0.717, 1.165) is 0 Å². The Labute approximate surface area is 135 Å². The average Bonchev–Trinajstić information content (AvgIpc) is 2.45. The molecule has 0 aliphatic heterocycles. The van der Waals surface area contributed by atoms with Gasteiger partial charge < -0.3 is 0 Å². The third-order valence-electron chi connectivity index (χ3n) is 2.57. The molecule has 0 radical (unpaired) electrons. The van der Waals surface area contributed by atoms with E-state index >= 15 is 0 Å². The van der Waals surface area contributed by atoms with E-state index in [1.165, 1.54) is 24.4 Å². The molecule has 1 aromatic rings. The molecule has 0 fully saturated rings. The van der Waals surface area contributed by atoms with Crippen molar-refractivity contribution in [2.75, 3.05) is 5.48 Å². The minimum absolute atomic E-state index is 0.115. The number of ketones is 1. The molecule has 112 valence electrons. The minimum atomic E-state index is -0.815. The molecule has 0 saturated carbocycles. The number of carbonyl (C=O) groups is 1. The highest BCUT2D eigenvalue weighted by atomic mass is 79.9. The van der Waals surface area contributed by atoms with Gasteiger partial charge in [-0.1, -0.05) is 45.7 Å². The summed E-state index contributed by atoms with van der Waals surface area (Å²) in [5.41, 5.74) is 2.02. The fourth-order valence-electron chi connectivity index (χ4n) is 1.47. The first-order valence-corrected chi connectivity index (χ1v) is 7.10. The summed E-state index contributed by atoms with van der Waals surface area (Å²) in [5, 5.41) is 8.89. The number of carbonyl (C=O) groups excluding carboxylic acids is 1. The van der Waals surface area contributed by atoms with Gasteiger partial charge in [-0.25, -0.2) is 9.38 Å². The van der Waals surface area contributed by atoms with Gasteiger partial charge in [-0.2, -0.15) is 0 Å². The molecule has 4 nitrogen and oxygen atoms in total. The Balaban J connectivity index is 3.00. The normalized spacial score (nSPS) is 13.3. The summed E-state index contributed by atoms with van der Waals surface area (Å²) in [4.78, 5) is 15.3. The molecule has 0 aliphatic rings. The number of nitrogens with zero attached hydrogens (tertiary/aromatic N) is 1. The molecule has 0 aromatic heterocycles. The zero-order valence-electron chi connectivity index (χ0n) is 11.1. The van der Waals surface area contributed by atoms with Gasteiger partial charge in [-0.05, 0) is 25.1 Å². The van der Waals surface area contributed by atoms with Gasteiger partial charge in [0.25, 0.3) is 0 Å². The Kier molecular flexibility index (Phi) is 6.74. The Morgan fingerprint density at radius 3 is 2.86 bits per heavy atom. The Morgan fingerprint density at radius 1 is 1.62 bits per heavy atom. The number of halogens is 3. The standard InChI is InChI=1S/C14H13BrClFN2O2/c1-8(6-7-18-9(2)16)12(15)14(20)10-4-3-5-11(19-21)13(10)17/h3-7,12,19,21H,2H2,1H3/b8-6+,18-7-. The molecule has 0 spiro atoms. The fraction of sp³-hybridized carbons (Fsp3) is 0.143. The lowest BCUT2D eigenvalue weighted by Gasteiger charge is -2.11. The minimum Gasteiger partial charge on any atom is -0.292 e. The van der Waals surface area contributed by atoms with Crippen LogP contribution in [0.3, 0.4) is 0 Å². The van der Waals surface area contributed by atoms with Crippen molar-refractivity contribution in [3.05, 3.63) is 53.0 Å². The molecule has 0 bridgehead atoms. The van der Waals surface area contributed by atoms with Crippen molar-refractivity contribution in [3.63, 3.8) is 0 Å². The number of hydrogen-bond donors (Lipinski definition) is 2. The van der Waals surface area contributed by atoms with Crippen LogP contribution in [0.2, 0.25) is 0 Å². The third-order valence-corrected chi connectivity index (χ3v) is 3.80. The second-order valence-corrected chi connectivity index (χ2v) is 5.42. The molecule has 0 saturated heterocycles. The Morgan fingerprint density at radius 2 is 2.29 bits per heavy atom. The lowest BCUT2D eigenvalue weighted by molar-refractivity contribution is 0.0996. The van der Waals surface area contributed by atoms with Crippen LogP contribution in [0.1, 0.15) is 17.3 Å². The molecule has 1 aromatic carbocycles. The van der Waals surface area contributed by atoms with Gasteiger partial charge in [0.2, 0.25) is 0 Å². The Bertz CT molecular complexity index is 617. The highest BCUT2D eigenvalue weighted by Crippen LogP contribution is 2.23. The molecule has 1 rings (SSSR count). The average molecular weight is 376 g/mol. The van der Waals surface area contributed by atoms with E-state index in [1.54, 1.807) is 18.5 Å². The summed E-state index contributed by atoms with van der Waals surface area (Å²) in [7, 11) is 0. The summed E-state index contributed by atoms with van der Waals surface area (Å²) < 4.78 is 14.0. The molecule has 0 amide bonds. The monoisotopic (exact) mass is 374 g/mol. The van der Waals surface area contributed by atoms with Crippen molar-refractivity contribution in [2.45, 2.75) is 11.8 Å². The SMILES string of the molecule is C=C(Cl)/N=C\C=C(/C)C(Br)C(=O)c1cccc(NO)c1F. The zero-order valence-corrected chi connectivity index (χ0v) is 13.4. The fourth-order valence-corrected chi connectivity index (χ4v) is 1.93. The van der Waals surface area contributed by atoms with Crippen LogP contribution in [0.5, 0.6) is 0 Å². The summed E-state index contributed by atoms with van der Waals surface area (Å²) in [6.45, 7) is 5.08. The molecule has 21 heavy (non-hydrogen) atoms. The maximum atomic E-state index is 14.0. The van der Waals surface area contributed by atoms with Crippen LogP contribution in [0.4, 0.5) is 10.1 Å². The van der Waals surface area contributed by atoms with E-state index in [4.69, 9.17) is 16.8 Å². The van der Waals surface area contributed by atoms with E-state index < -0.39 is 16.4 Å². The highest BCUT2D eigenvalue weighted by molar-refractivity contribution is 9.10. The van der Waals surface area contributed by atoms with E-state index in [9.17, 15) is 9.18 Å². The van der Waals surface area contributed by atoms with Crippen molar-refractivity contribution < 1.29 is 14.4 Å². The Hall–Kier alpha value is -1.50. The number of aliphatic imine (C=N–C) groups is 1. The van der Waals surface area contributed by atoms with Crippen LogP contribution >= 0.6 is 27.5 Å². The first kappa shape index (κ1) is 17.6. The van der Waals surface area contributed by atoms with Crippen molar-refractivity contribution in [2.24, 2.45) is 4.99 Å². The van der Waals surface area contributed by atoms with E-state index in [-0.39, 0.29) is 16.4 Å². The number of Topliss-reactive ketones (excluding diaryl/α,β-unsaturated/α-hetero) is 1. The lowest BCUT2D eigenvalue weighted by Crippen LogP contribution is -2.17. The van der Waals surface area contributed by atoms with Crippen molar-refractivity contribution in [1.82, 2.24) is 0 Å². The topological polar surface area (TPSA) is 61.7 Å². The quantitative estimate of drug-likeness (QED) is 0.256. The summed E-state index contributed by atoms with van der Waals surface area (Å²) in [5.74, 6) is -1.29. The maximum absolute atomic E-state index is 14.0. The van der Waals surface area contributed by atoms with Gasteiger partial charge >= 0.3 is 0 Å². The molecule has 2 N–H and O–H groups in total. The predicted molar refractivity (Wildman–Crippen MR) is 86.1 cm³/mol. The lowest BCUT2D eigenvalue weighted by atomic mass is 10.0. The first-order valence-electron chi connectivity index (χ1n) is 5.80. The van der Waals surface area contributed by atoms with Gasteiger partial charge in [0, 0.05) is 6.21 Å². The van der Waals surface area contributed by atoms with Crippen LogP contribution in [-0.4, -0.2) is 22.0 Å². The van der Waals surface area contributed by atoms with Crippen molar-refractivity contribution in [3.8, 4) is 0 Å². The highest BCUT2D eigenvalue weighted by Gasteiger charge is 2.22. The smallest absolute Gasteiger partial charge is 0.183 e. The summed E-state index contributed by atoms with van der Waals surface area (Å²) in [6.07, 6.45) is 2.96. The van der Waals surface area contributed by atoms with Crippen LogP contribution in [0.15, 0.2) is 46.6 Å². The number of benzene rings is 1. The van der Waals surface area contributed by atoms with Gasteiger partial charge in [-0.15, -0.1) is 0 Å². The molecule has 0 aliphatic carbocycles. The zero-order chi connectivity index (χ0) is 16.0. The van der Waals surface area contributed by atoms with Crippen LogP contribution in [0.25, 0.3) is 0 Å². The molecule has 1 unspecified atom stereocenters. The third kappa shape index (κ3) is 4.77. The molecular formula is C14H13BrClFN2O2. The van der Waals surface area contributed by atoms with Crippen molar-refractivity contribution in [1.29, 1.82) is 0 Å². The summed E-state index contributed by atoms with van der Waals surface area (Å²) in [6, 6.07) is 4.12.